The Morgan fingerprint density at radius 3 is 2.65 bits per heavy atom. The number of pyridine rings is 2. The molecule has 0 radical (unpaired) electrons. The lowest BCUT2D eigenvalue weighted by Crippen LogP contribution is -2.39. The number of aromatic nitrogens is 4. The van der Waals surface area contributed by atoms with Crippen LogP contribution in [0.1, 0.15) is 78.9 Å². The number of alkyl halides is 3. The molecular weight excluding hydrogens is 599 g/mol. The molecule has 6 rings (SSSR count). The van der Waals surface area contributed by atoms with Crippen molar-refractivity contribution in [3.8, 4) is 11.3 Å². The molecule has 3 aromatic heterocycles. The summed E-state index contributed by atoms with van der Waals surface area (Å²) in [4.78, 5) is 33.8. The monoisotopic (exact) mass is 633 g/mol. The van der Waals surface area contributed by atoms with Crippen LogP contribution in [-0.2, 0) is 11.0 Å². The Kier molecular flexibility index (Phi) is 8.76. The van der Waals surface area contributed by atoms with Gasteiger partial charge in [-0.05, 0) is 62.8 Å². The summed E-state index contributed by atoms with van der Waals surface area (Å²) in [6.07, 6.45) is 6.63. The molecule has 0 unspecified atom stereocenters. The smallest absolute Gasteiger partial charge is 0.389 e. The second-order valence-electron chi connectivity index (χ2n) is 11.8. The van der Waals surface area contributed by atoms with Crippen LogP contribution in [0, 0.1) is 0 Å². The number of hydrogen-bond acceptors (Lipinski definition) is 7. The molecule has 1 aliphatic heterocycles. The molecule has 4 heterocycles. The zero-order valence-electron chi connectivity index (χ0n) is 24.9. The molecular formula is C33H34F3N7O3. The molecule has 0 spiro atoms. The fourth-order valence-electron chi connectivity index (χ4n) is 6.22. The summed E-state index contributed by atoms with van der Waals surface area (Å²) < 4.78 is 41.3. The number of nitrogens with one attached hydrogen (secondary N) is 2. The quantitative estimate of drug-likeness (QED) is 0.220. The van der Waals surface area contributed by atoms with E-state index in [2.05, 4.69) is 20.6 Å². The van der Waals surface area contributed by atoms with Gasteiger partial charge in [-0.25, -0.2) is 9.97 Å². The zero-order valence-corrected chi connectivity index (χ0v) is 24.9. The Balaban J connectivity index is 1.37. The van der Waals surface area contributed by atoms with Gasteiger partial charge in [-0.2, -0.15) is 18.3 Å². The molecule has 1 fully saturated rings. The van der Waals surface area contributed by atoms with Crippen LogP contribution in [0.15, 0.2) is 54.9 Å². The summed E-state index contributed by atoms with van der Waals surface area (Å²) in [7, 11) is 0. The lowest BCUT2D eigenvalue weighted by Gasteiger charge is -2.30. The average Bonchev–Trinajstić information content (AvgIpc) is 3.44. The highest BCUT2D eigenvalue weighted by atomic mass is 19.4. The first-order valence-electron chi connectivity index (χ1n) is 15.3. The molecule has 1 aliphatic carbocycles. The number of aliphatic hydroxyl groups excluding tert-OH is 1. The fraction of sp³-hybridized carbons (Fsp3) is 0.364. The summed E-state index contributed by atoms with van der Waals surface area (Å²) in [6.45, 7) is 0. The van der Waals surface area contributed by atoms with Crippen LogP contribution in [0.4, 0.5) is 24.8 Å². The second-order valence-corrected chi connectivity index (χ2v) is 11.8. The van der Waals surface area contributed by atoms with Gasteiger partial charge in [-0.15, -0.1) is 0 Å². The van der Waals surface area contributed by atoms with E-state index in [1.54, 1.807) is 36.5 Å². The third-order valence-electron chi connectivity index (χ3n) is 8.54. The van der Waals surface area contributed by atoms with Gasteiger partial charge < -0.3 is 21.5 Å². The van der Waals surface area contributed by atoms with Crippen molar-refractivity contribution in [2.45, 2.75) is 75.7 Å². The van der Waals surface area contributed by atoms with E-state index in [-0.39, 0.29) is 35.2 Å². The third kappa shape index (κ3) is 6.74. The van der Waals surface area contributed by atoms with E-state index in [1.807, 2.05) is 10.8 Å². The predicted octanol–water partition coefficient (Wildman–Crippen LogP) is 5.89. The molecule has 46 heavy (non-hydrogen) atoms. The van der Waals surface area contributed by atoms with E-state index in [0.29, 0.717) is 48.7 Å². The summed E-state index contributed by atoms with van der Waals surface area (Å²) in [6, 6.07) is 8.08. The lowest BCUT2D eigenvalue weighted by molar-refractivity contribution is -0.137. The number of benzene rings is 1. The summed E-state index contributed by atoms with van der Waals surface area (Å²) >= 11 is 0. The summed E-state index contributed by atoms with van der Waals surface area (Å²) in [5.41, 5.74) is 8.47. The van der Waals surface area contributed by atoms with Crippen molar-refractivity contribution in [2.75, 3.05) is 11.1 Å². The topological polar surface area (TPSA) is 148 Å². The number of nitrogens with zero attached hydrogens (tertiary/aromatic N) is 4. The van der Waals surface area contributed by atoms with E-state index in [0.717, 1.165) is 48.7 Å². The maximum Gasteiger partial charge on any atom is 0.416 e. The first-order chi connectivity index (χ1) is 22.1. The number of aliphatic hydroxyl groups is 1. The molecule has 1 saturated carbocycles. The highest BCUT2D eigenvalue weighted by Gasteiger charge is 2.31. The lowest BCUT2D eigenvalue weighted by atomic mass is 9.90. The molecule has 1 aromatic carbocycles. The molecule has 5 N–H and O–H groups in total. The van der Waals surface area contributed by atoms with Crippen molar-refractivity contribution in [3.05, 3.63) is 71.6 Å². The average molecular weight is 634 g/mol. The van der Waals surface area contributed by atoms with Gasteiger partial charge in [0.1, 0.15) is 17.3 Å². The van der Waals surface area contributed by atoms with Crippen LogP contribution < -0.4 is 16.4 Å². The normalized spacial score (nSPS) is 21.6. The second kappa shape index (κ2) is 12.9. The van der Waals surface area contributed by atoms with Crippen LogP contribution in [0.25, 0.3) is 28.2 Å². The number of fused-ring (bicyclic) bond motifs is 3. The summed E-state index contributed by atoms with van der Waals surface area (Å²) in [5, 5.41) is 21.9. The van der Waals surface area contributed by atoms with Gasteiger partial charge in [0.05, 0.1) is 28.6 Å². The minimum atomic E-state index is -4.57. The van der Waals surface area contributed by atoms with E-state index >= 15 is 0 Å². The van der Waals surface area contributed by atoms with E-state index < -0.39 is 23.8 Å². The van der Waals surface area contributed by atoms with Gasteiger partial charge in [-0.1, -0.05) is 30.7 Å². The van der Waals surface area contributed by atoms with Gasteiger partial charge in [-0.3, -0.25) is 14.3 Å². The van der Waals surface area contributed by atoms with E-state index in [9.17, 15) is 27.9 Å². The Bertz CT molecular complexity index is 1790. The molecule has 10 nitrogen and oxygen atoms in total. The number of halogens is 3. The first kappa shape index (κ1) is 31.2. The van der Waals surface area contributed by atoms with Gasteiger partial charge >= 0.3 is 6.18 Å². The van der Waals surface area contributed by atoms with Crippen molar-refractivity contribution in [1.82, 2.24) is 25.1 Å². The molecule has 2 amide bonds. The summed E-state index contributed by atoms with van der Waals surface area (Å²) in [5.74, 6) is -0.556. The minimum Gasteiger partial charge on any atom is -0.389 e. The van der Waals surface area contributed by atoms with Crippen molar-refractivity contribution in [3.63, 3.8) is 0 Å². The number of nitrogens with two attached hydrogens (primary N) is 1. The standard InChI is InChI=1S/C33H34F3N7O3/c34-33(35,36)22-14-15-38-26(16-22)41-32(46)20-10-8-19(9-11-20)29-28-30-21(18-39-31(28)37)12-13-25(44)6-1-2-7-27(45)40-23-4-3-5-24(17-23)43(30)42-29/h8-16,18,23-25,44H,1-7,17H2,(H2,37,39)(H,40,45)(H,38,41,46)/b13-12+/t23-,24-,25-/m1/s1. The van der Waals surface area contributed by atoms with Crippen LogP contribution in [0.2, 0.25) is 0 Å². The molecule has 240 valence electrons. The molecule has 0 saturated heterocycles. The SMILES string of the molecule is Nc1ncc2c3c1c(-c1ccc(C(=O)Nc4cc(C(F)(F)F)ccn4)cc1)nn3[C@@H]1CCC[C@H](C1)NC(=O)CCCC[C@@H](O)/C=C/2. The maximum atomic E-state index is 13.1. The molecule has 2 bridgehead atoms. The maximum absolute atomic E-state index is 13.1. The largest absolute Gasteiger partial charge is 0.416 e. The highest BCUT2D eigenvalue weighted by molar-refractivity contribution is 6.06. The highest BCUT2D eigenvalue weighted by Crippen LogP contribution is 2.39. The van der Waals surface area contributed by atoms with Crippen molar-refractivity contribution < 1.29 is 27.9 Å². The Morgan fingerprint density at radius 2 is 1.87 bits per heavy atom. The van der Waals surface area contributed by atoms with Crippen LogP contribution in [-0.4, -0.2) is 48.8 Å². The molecule has 2 aliphatic rings. The molecule has 4 aromatic rings. The van der Waals surface area contributed by atoms with Crippen LogP contribution in [0.3, 0.4) is 0 Å². The number of nitrogen functional groups attached to an aromatic ring is 1. The number of amides is 2. The third-order valence-corrected chi connectivity index (χ3v) is 8.54. The molecule has 13 heteroatoms. The van der Waals surface area contributed by atoms with Gasteiger partial charge in [0.15, 0.2) is 0 Å². The van der Waals surface area contributed by atoms with Crippen molar-refractivity contribution >= 4 is 40.4 Å². The predicted molar refractivity (Wildman–Crippen MR) is 168 cm³/mol. The van der Waals surface area contributed by atoms with E-state index in [4.69, 9.17) is 10.8 Å². The Morgan fingerprint density at radius 1 is 1.07 bits per heavy atom. The minimum absolute atomic E-state index is 0.00644. The number of rotatable bonds is 3. The first-order valence-corrected chi connectivity index (χ1v) is 15.3. The van der Waals surface area contributed by atoms with Crippen LogP contribution >= 0.6 is 0 Å². The Labute approximate surface area is 262 Å². The number of hydrogen-bond donors (Lipinski definition) is 4. The van der Waals surface area contributed by atoms with Crippen LogP contribution in [0.5, 0.6) is 0 Å². The van der Waals surface area contributed by atoms with Crippen molar-refractivity contribution in [1.29, 1.82) is 0 Å². The fourth-order valence-corrected chi connectivity index (χ4v) is 6.22. The van der Waals surface area contributed by atoms with Gasteiger partial charge in [0.2, 0.25) is 5.91 Å². The van der Waals surface area contributed by atoms with E-state index in [1.165, 1.54) is 0 Å². The number of carbonyl (C=O) groups is 2. The van der Waals surface area contributed by atoms with Crippen molar-refractivity contribution in [2.24, 2.45) is 0 Å². The molecule has 3 atom stereocenters. The van der Waals surface area contributed by atoms with Gasteiger partial charge in [0, 0.05) is 41.5 Å². The Hall–Kier alpha value is -4.78. The number of carbonyl (C=O) groups excluding carboxylic acids is 2. The van der Waals surface area contributed by atoms with Gasteiger partial charge in [0.25, 0.3) is 5.91 Å². The zero-order chi connectivity index (χ0) is 32.4. The number of anilines is 2.